The Bertz CT molecular complexity index is 566. The minimum absolute atomic E-state index is 0.0830. The number of benzene rings is 1. The Hall–Kier alpha value is -1.66. The van der Waals surface area contributed by atoms with Gasteiger partial charge in [-0.3, -0.25) is 15.0 Å². The fraction of sp³-hybridized carbons (Fsp3) is 0.625. The van der Waals surface area contributed by atoms with Crippen molar-refractivity contribution < 1.29 is 14.4 Å². The van der Waals surface area contributed by atoms with Crippen LogP contribution in [0.5, 0.6) is 5.75 Å². The summed E-state index contributed by atoms with van der Waals surface area (Å²) in [5.41, 5.74) is 1.79. The van der Waals surface area contributed by atoms with E-state index in [-0.39, 0.29) is 22.8 Å². The molecule has 1 atom stereocenters. The summed E-state index contributed by atoms with van der Waals surface area (Å²) in [4.78, 5) is 13.0. The van der Waals surface area contributed by atoms with Gasteiger partial charge in [-0.1, -0.05) is 20.8 Å². The van der Waals surface area contributed by atoms with E-state index >= 15 is 0 Å². The maximum absolute atomic E-state index is 11.1. The lowest BCUT2D eigenvalue weighted by atomic mass is 9.87. The van der Waals surface area contributed by atoms with E-state index in [0.29, 0.717) is 19.2 Å². The van der Waals surface area contributed by atoms with Gasteiger partial charge in [0.25, 0.3) is 5.69 Å². The lowest BCUT2D eigenvalue weighted by molar-refractivity contribution is -0.385. The van der Waals surface area contributed by atoms with Crippen LogP contribution in [-0.4, -0.2) is 29.7 Å². The third-order valence-corrected chi connectivity index (χ3v) is 4.32. The van der Waals surface area contributed by atoms with Gasteiger partial charge in [0.2, 0.25) is 0 Å². The van der Waals surface area contributed by atoms with Gasteiger partial charge in [0.05, 0.1) is 11.5 Å². The van der Waals surface area contributed by atoms with E-state index in [0.717, 1.165) is 16.9 Å². The van der Waals surface area contributed by atoms with Gasteiger partial charge in [0.1, 0.15) is 5.75 Å². The largest absolute Gasteiger partial charge is 0.467 e. The van der Waals surface area contributed by atoms with E-state index < -0.39 is 0 Å². The third-order valence-electron chi connectivity index (χ3n) is 4.32. The minimum atomic E-state index is -0.369. The molecule has 0 fully saturated rings. The highest BCUT2D eigenvalue weighted by molar-refractivity contribution is 5.50. The number of nitrogens with zero attached hydrogens (tertiary/aromatic N) is 2. The van der Waals surface area contributed by atoms with Crippen LogP contribution < -0.4 is 4.74 Å². The predicted octanol–water partition coefficient (Wildman–Crippen LogP) is 3.33. The molecule has 122 valence electrons. The second kappa shape index (κ2) is 6.22. The van der Waals surface area contributed by atoms with Gasteiger partial charge in [-0.15, -0.1) is 0 Å². The fourth-order valence-electron chi connectivity index (χ4n) is 2.57. The monoisotopic (exact) mass is 308 g/mol. The molecule has 0 aliphatic carbocycles. The molecule has 2 rings (SSSR count). The Morgan fingerprint density at radius 1 is 1.41 bits per heavy atom. The van der Waals surface area contributed by atoms with Crippen molar-refractivity contribution in [2.45, 2.75) is 46.9 Å². The molecule has 1 aromatic rings. The van der Waals surface area contributed by atoms with E-state index in [2.05, 4.69) is 32.6 Å². The molecule has 22 heavy (non-hydrogen) atoms. The van der Waals surface area contributed by atoms with Gasteiger partial charge in [-0.2, -0.15) is 0 Å². The molecule has 6 nitrogen and oxygen atoms in total. The van der Waals surface area contributed by atoms with Gasteiger partial charge >= 0.3 is 0 Å². The van der Waals surface area contributed by atoms with Gasteiger partial charge in [0.15, 0.2) is 6.79 Å². The van der Waals surface area contributed by atoms with Crippen LogP contribution in [0, 0.1) is 15.5 Å². The maximum atomic E-state index is 11.1. The summed E-state index contributed by atoms with van der Waals surface area (Å²) in [5, 5.41) is 11.1. The highest BCUT2D eigenvalue weighted by atomic mass is 16.7. The zero-order chi connectivity index (χ0) is 16.5. The standard InChI is InChI=1S/C16H24N2O4/c1-11(16(2,3)4)17(5)8-12-6-14(18(19)20)7-13-9-21-10-22-15(12)13/h6-7,11H,8-10H2,1-5H3. The Balaban J connectivity index is 2.33. The molecule has 0 saturated carbocycles. The molecular formula is C16H24N2O4. The first-order chi connectivity index (χ1) is 10.2. The summed E-state index contributed by atoms with van der Waals surface area (Å²) in [6, 6.07) is 3.46. The molecule has 1 unspecified atom stereocenters. The van der Waals surface area contributed by atoms with Crippen LogP contribution in [0.3, 0.4) is 0 Å². The van der Waals surface area contributed by atoms with Gasteiger partial charge in [0, 0.05) is 35.8 Å². The first-order valence-corrected chi connectivity index (χ1v) is 7.41. The second-order valence-corrected chi connectivity index (χ2v) is 6.92. The Morgan fingerprint density at radius 3 is 2.68 bits per heavy atom. The number of fused-ring (bicyclic) bond motifs is 1. The molecule has 0 spiro atoms. The third kappa shape index (κ3) is 3.56. The topological polar surface area (TPSA) is 64.8 Å². The summed E-state index contributed by atoms with van der Waals surface area (Å²) in [7, 11) is 2.03. The molecule has 0 N–H and O–H groups in total. The number of ether oxygens (including phenoxy) is 2. The predicted molar refractivity (Wildman–Crippen MR) is 83.8 cm³/mol. The molecule has 0 amide bonds. The van der Waals surface area contributed by atoms with Crippen molar-refractivity contribution in [2.24, 2.45) is 5.41 Å². The minimum Gasteiger partial charge on any atom is -0.467 e. The quantitative estimate of drug-likeness (QED) is 0.630. The Kier molecular flexibility index (Phi) is 4.72. The van der Waals surface area contributed by atoms with Gasteiger partial charge < -0.3 is 9.47 Å². The number of hydrogen-bond donors (Lipinski definition) is 0. The van der Waals surface area contributed by atoms with Crippen molar-refractivity contribution in [2.75, 3.05) is 13.8 Å². The molecule has 6 heteroatoms. The number of hydrogen-bond acceptors (Lipinski definition) is 5. The SMILES string of the molecule is CC(N(C)Cc1cc([N+](=O)[O-])cc2c1OCOC2)C(C)(C)C. The van der Waals surface area contributed by atoms with Gasteiger partial charge in [-0.25, -0.2) is 0 Å². The fourth-order valence-corrected chi connectivity index (χ4v) is 2.57. The smallest absolute Gasteiger partial charge is 0.270 e. The van der Waals surface area contributed by atoms with Crippen LogP contribution in [0.25, 0.3) is 0 Å². The highest BCUT2D eigenvalue weighted by Gasteiger charge is 2.27. The second-order valence-electron chi connectivity index (χ2n) is 6.92. The molecule has 0 aromatic heterocycles. The lowest BCUT2D eigenvalue weighted by Crippen LogP contribution is -2.39. The summed E-state index contributed by atoms with van der Waals surface area (Å²) in [5.74, 6) is 0.727. The molecule has 1 aliphatic heterocycles. The van der Waals surface area contributed by atoms with Gasteiger partial charge in [-0.05, 0) is 19.4 Å². The highest BCUT2D eigenvalue weighted by Crippen LogP contribution is 2.34. The van der Waals surface area contributed by atoms with Crippen LogP contribution in [0.1, 0.15) is 38.8 Å². The zero-order valence-electron chi connectivity index (χ0n) is 13.9. The Labute approximate surface area is 131 Å². The average Bonchev–Trinajstić information content (AvgIpc) is 2.45. The first-order valence-electron chi connectivity index (χ1n) is 7.41. The van der Waals surface area contributed by atoms with E-state index in [1.165, 1.54) is 6.07 Å². The number of nitro benzene ring substituents is 1. The number of rotatable bonds is 4. The summed E-state index contributed by atoms with van der Waals surface area (Å²) in [6.45, 7) is 9.85. The zero-order valence-corrected chi connectivity index (χ0v) is 13.9. The molecule has 1 heterocycles. The van der Waals surface area contributed by atoms with Crippen LogP contribution in [-0.2, 0) is 17.9 Å². The first kappa shape index (κ1) is 16.7. The molecule has 1 aliphatic rings. The molecule has 0 radical (unpaired) electrons. The van der Waals surface area contributed by atoms with E-state index in [1.807, 2.05) is 7.05 Å². The van der Waals surface area contributed by atoms with Crippen LogP contribution >= 0.6 is 0 Å². The van der Waals surface area contributed by atoms with E-state index in [1.54, 1.807) is 6.07 Å². The number of non-ortho nitro benzene ring substituents is 1. The van der Waals surface area contributed by atoms with Crippen LogP contribution in [0.2, 0.25) is 0 Å². The Morgan fingerprint density at radius 2 is 2.09 bits per heavy atom. The molecular weight excluding hydrogens is 284 g/mol. The normalized spacial score (nSPS) is 16.1. The van der Waals surface area contributed by atoms with E-state index in [4.69, 9.17) is 9.47 Å². The molecule has 1 aromatic carbocycles. The summed E-state index contributed by atoms with van der Waals surface area (Å²) in [6.07, 6.45) is 0. The summed E-state index contributed by atoms with van der Waals surface area (Å²) < 4.78 is 10.8. The average molecular weight is 308 g/mol. The lowest BCUT2D eigenvalue weighted by Gasteiger charge is -2.36. The van der Waals surface area contributed by atoms with Crippen molar-refractivity contribution in [3.05, 3.63) is 33.4 Å². The maximum Gasteiger partial charge on any atom is 0.270 e. The van der Waals surface area contributed by atoms with Crippen LogP contribution in [0.4, 0.5) is 5.69 Å². The van der Waals surface area contributed by atoms with Crippen molar-refractivity contribution in [3.63, 3.8) is 0 Å². The van der Waals surface area contributed by atoms with Crippen LogP contribution in [0.15, 0.2) is 12.1 Å². The summed E-state index contributed by atoms with van der Waals surface area (Å²) >= 11 is 0. The van der Waals surface area contributed by atoms with Crippen molar-refractivity contribution in [3.8, 4) is 5.75 Å². The number of nitro groups is 1. The van der Waals surface area contributed by atoms with Crippen molar-refractivity contribution in [1.29, 1.82) is 0 Å². The molecule has 0 bridgehead atoms. The van der Waals surface area contributed by atoms with Crippen molar-refractivity contribution in [1.82, 2.24) is 4.90 Å². The molecule has 0 saturated heterocycles. The van der Waals surface area contributed by atoms with Crippen molar-refractivity contribution >= 4 is 5.69 Å². The van der Waals surface area contributed by atoms with E-state index in [9.17, 15) is 10.1 Å².